The Labute approximate surface area is 138 Å². The summed E-state index contributed by atoms with van der Waals surface area (Å²) in [7, 11) is 0. The lowest BCUT2D eigenvalue weighted by atomic mass is 9.96. The van der Waals surface area contributed by atoms with Crippen LogP contribution in [0.5, 0.6) is 5.75 Å². The second-order valence-electron chi connectivity index (χ2n) is 5.86. The quantitative estimate of drug-likeness (QED) is 0.827. The van der Waals surface area contributed by atoms with E-state index in [1.165, 1.54) is 12.1 Å². The molecule has 1 fully saturated rings. The van der Waals surface area contributed by atoms with Gasteiger partial charge in [-0.2, -0.15) is 0 Å². The fourth-order valence-corrected chi connectivity index (χ4v) is 2.77. The molecule has 0 atom stereocenters. The van der Waals surface area contributed by atoms with Crippen LogP contribution < -0.4 is 15.8 Å². The molecule has 1 heterocycles. The number of nitrogens with two attached hydrogens (primary N) is 1. The molecule has 0 aliphatic carbocycles. The first kappa shape index (κ1) is 18.5. The third kappa shape index (κ3) is 6.01. The summed E-state index contributed by atoms with van der Waals surface area (Å²) in [6.45, 7) is 3.93. The topological polar surface area (TPSA) is 67.6 Å². The Bertz CT molecular complexity index is 544. The lowest BCUT2D eigenvalue weighted by molar-refractivity contribution is -0.274. The Kier molecular flexibility index (Phi) is 6.44. The molecule has 0 radical (unpaired) electrons. The number of carbonyl (C=O) groups is 1. The van der Waals surface area contributed by atoms with Gasteiger partial charge in [0.25, 0.3) is 5.91 Å². The summed E-state index contributed by atoms with van der Waals surface area (Å²) in [5.74, 6) is -0.421. The molecular weight excluding hydrogens is 323 g/mol. The van der Waals surface area contributed by atoms with E-state index in [1.807, 2.05) is 0 Å². The summed E-state index contributed by atoms with van der Waals surface area (Å²) >= 11 is 0. The highest BCUT2D eigenvalue weighted by Crippen LogP contribution is 2.23. The Morgan fingerprint density at radius 3 is 2.67 bits per heavy atom. The fraction of sp³-hybridized carbons (Fsp3) is 0.562. The molecule has 0 saturated carbocycles. The van der Waals surface area contributed by atoms with E-state index in [-0.39, 0.29) is 5.56 Å². The van der Waals surface area contributed by atoms with Gasteiger partial charge in [-0.1, -0.05) is 6.07 Å². The van der Waals surface area contributed by atoms with Crippen molar-refractivity contribution in [2.75, 3.05) is 32.7 Å². The molecule has 0 aromatic heterocycles. The van der Waals surface area contributed by atoms with E-state index in [9.17, 15) is 18.0 Å². The van der Waals surface area contributed by atoms with Crippen molar-refractivity contribution in [1.82, 2.24) is 10.2 Å². The molecule has 0 spiro atoms. The molecule has 2 rings (SSSR count). The van der Waals surface area contributed by atoms with E-state index in [0.29, 0.717) is 19.0 Å². The molecule has 24 heavy (non-hydrogen) atoms. The number of benzene rings is 1. The predicted octanol–water partition coefficient (Wildman–Crippen LogP) is 1.99. The highest BCUT2D eigenvalue weighted by atomic mass is 19.4. The largest absolute Gasteiger partial charge is 0.573 e. The van der Waals surface area contributed by atoms with Crippen molar-refractivity contribution >= 4 is 5.91 Å². The second kappa shape index (κ2) is 8.34. The number of ether oxygens (including phenoxy) is 1. The van der Waals surface area contributed by atoms with E-state index in [2.05, 4.69) is 15.0 Å². The molecule has 1 aliphatic rings. The standard InChI is InChI=1S/C16H22F3N3O2/c17-16(18,19)24-14-3-1-2-13(10-14)15(23)21-11-12-4-7-22(8-5-12)9-6-20/h1-3,10,12H,4-9,11,20H2,(H,21,23). The summed E-state index contributed by atoms with van der Waals surface area (Å²) in [4.78, 5) is 14.4. The van der Waals surface area contributed by atoms with Gasteiger partial charge >= 0.3 is 6.36 Å². The third-order valence-electron chi connectivity index (χ3n) is 4.03. The molecule has 5 nitrogen and oxygen atoms in total. The maximum atomic E-state index is 12.2. The smallest absolute Gasteiger partial charge is 0.406 e. The summed E-state index contributed by atoms with van der Waals surface area (Å²) < 4.78 is 40.5. The normalized spacial score (nSPS) is 16.8. The van der Waals surface area contributed by atoms with Crippen LogP contribution in [0.1, 0.15) is 23.2 Å². The van der Waals surface area contributed by atoms with Crippen LogP contribution in [0, 0.1) is 5.92 Å². The Balaban J connectivity index is 1.82. The minimum Gasteiger partial charge on any atom is -0.406 e. The van der Waals surface area contributed by atoms with Crippen LogP contribution in [0.4, 0.5) is 13.2 Å². The van der Waals surface area contributed by atoms with Crippen molar-refractivity contribution in [2.24, 2.45) is 11.7 Å². The Hall–Kier alpha value is -1.80. The molecule has 1 saturated heterocycles. The van der Waals surface area contributed by atoms with Crippen LogP contribution in [-0.4, -0.2) is 49.9 Å². The van der Waals surface area contributed by atoms with Crippen molar-refractivity contribution in [3.05, 3.63) is 29.8 Å². The first-order chi connectivity index (χ1) is 11.4. The number of nitrogens with zero attached hydrogens (tertiary/aromatic N) is 1. The Morgan fingerprint density at radius 1 is 1.33 bits per heavy atom. The van der Waals surface area contributed by atoms with Gasteiger partial charge in [-0.25, -0.2) is 0 Å². The van der Waals surface area contributed by atoms with E-state index >= 15 is 0 Å². The molecule has 1 aromatic carbocycles. The van der Waals surface area contributed by atoms with Crippen LogP contribution in [0.3, 0.4) is 0 Å². The number of amides is 1. The van der Waals surface area contributed by atoms with Crippen LogP contribution in [0.15, 0.2) is 24.3 Å². The molecule has 1 aliphatic heterocycles. The number of hydrogen-bond donors (Lipinski definition) is 2. The van der Waals surface area contributed by atoms with Gasteiger partial charge < -0.3 is 20.7 Å². The van der Waals surface area contributed by atoms with Gasteiger partial charge in [0.15, 0.2) is 0 Å². The van der Waals surface area contributed by atoms with Gasteiger partial charge in [0.1, 0.15) is 5.75 Å². The van der Waals surface area contributed by atoms with Crippen LogP contribution in [-0.2, 0) is 0 Å². The van der Waals surface area contributed by atoms with Crippen molar-refractivity contribution in [3.63, 3.8) is 0 Å². The number of alkyl halides is 3. The number of halogens is 3. The molecule has 0 unspecified atom stereocenters. The van der Waals surface area contributed by atoms with E-state index in [0.717, 1.165) is 44.6 Å². The van der Waals surface area contributed by atoms with Gasteiger partial charge in [0.05, 0.1) is 0 Å². The van der Waals surface area contributed by atoms with Crippen molar-refractivity contribution < 1.29 is 22.7 Å². The number of likely N-dealkylation sites (tertiary alicyclic amines) is 1. The summed E-state index contributed by atoms with van der Waals surface area (Å²) in [6.07, 6.45) is -2.83. The first-order valence-corrected chi connectivity index (χ1v) is 7.94. The second-order valence-corrected chi connectivity index (χ2v) is 5.86. The van der Waals surface area contributed by atoms with Gasteiger partial charge in [-0.3, -0.25) is 4.79 Å². The van der Waals surface area contributed by atoms with Crippen molar-refractivity contribution in [1.29, 1.82) is 0 Å². The minimum absolute atomic E-state index is 0.150. The zero-order valence-electron chi connectivity index (χ0n) is 13.3. The average Bonchev–Trinajstić information content (AvgIpc) is 2.53. The number of piperidine rings is 1. The maximum absolute atomic E-state index is 12.2. The first-order valence-electron chi connectivity index (χ1n) is 7.94. The lowest BCUT2D eigenvalue weighted by Crippen LogP contribution is -2.40. The third-order valence-corrected chi connectivity index (χ3v) is 4.03. The average molecular weight is 345 g/mol. The van der Waals surface area contributed by atoms with Crippen molar-refractivity contribution in [2.45, 2.75) is 19.2 Å². The summed E-state index contributed by atoms with van der Waals surface area (Å²) in [5, 5.41) is 2.79. The van der Waals surface area contributed by atoms with E-state index in [4.69, 9.17) is 5.73 Å². The van der Waals surface area contributed by atoms with Crippen LogP contribution in [0.25, 0.3) is 0 Å². The van der Waals surface area contributed by atoms with Crippen molar-refractivity contribution in [3.8, 4) is 5.75 Å². The van der Waals surface area contributed by atoms with Gasteiger partial charge in [0.2, 0.25) is 0 Å². The molecular formula is C16H22F3N3O2. The highest BCUT2D eigenvalue weighted by Gasteiger charge is 2.31. The molecule has 1 amide bonds. The molecule has 3 N–H and O–H groups in total. The van der Waals surface area contributed by atoms with E-state index < -0.39 is 18.0 Å². The SMILES string of the molecule is NCCN1CCC(CNC(=O)c2cccc(OC(F)(F)F)c2)CC1. The molecule has 0 bridgehead atoms. The minimum atomic E-state index is -4.77. The Morgan fingerprint density at radius 2 is 2.04 bits per heavy atom. The summed E-state index contributed by atoms with van der Waals surface area (Å²) in [6, 6.07) is 5.08. The van der Waals surface area contributed by atoms with Gasteiger partial charge in [-0.15, -0.1) is 13.2 Å². The zero-order chi connectivity index (χ0) is 17.6. The predicted molar refractivity (Wildman–Crippen MR) is 83.7 cm³/mol. The maximum Gasteiger partial charge on any atom is 0.573 e. The summed E-state index contributed by atoms with van der Waals surface area (Å²) in [5.41, 5.74) is 5.68. The number of rotatable bonds is 6. The van der Waals surface area contributed by atoms with Crippen LogP contribution in [0.2, 0.25) is 0 Å². The molecule has 1 aromatic rings. The number of nitrogens with one attached hydrogen (secondary N) is 1. The highest BCUT2D eigenvalue weighted by molar-refractivity contribution is 5.94. The molecule has 8 heteroatoms. The lowest BCUT2D eigenvalue weighted by Gasteiger charge is -2.31. The zero-order valence-corrected chi connectivity index (χ0v) is 13.3. The van der Waals surface area contributed by atoms with Crippen LogP contribution >= 0.6 is 0 Å². The van der Waals surface area contributed by atoms with Gasteiger partial charge in [0, 0.05) is 25.2 Å². The van der Waals surface area contributed by atoms with E-state index in [1.54, 1.807) is 0 Å². The number of hydrogen-bond acceptors (Lipinski definition) is 4. The fourth-order valence-electron chi connectivity index (χ4n) is 2.77. The number of carbonyl (C=O) groups excluding carboxylic acids is 1. The monoisotopic (exact) mass is 345 g/mol. The van der Waals surface area contributed by atoms with Gasteiger partial charge in [-0.05, 0) is 50.0 Å². The molecule has 134 valence electrons.